The molecule has 0 saturated heterocycles. The third-order valence-corrected chi connectivity index (χ3v) is 3.53. The van der Waals surface area contributed by atoms with E-state index < -0.39 is 35.9 Å². The molecule has 4 nitrogen and oxygen atoms in total. The van der Waals surface area contributed by atoms with Gasteiger partial charge >= 0.3 is 12.1 Å². The minimum atomic E-state index is -4.61. The van der Waals surface area contributed by atoms with Crippen LogP contribution in [0.1, 0.15) is 11.1 Å². The molecule has 0 atom stereocenters. The number of amides is 1. The van der Waals surface area contributed by atoms with E-state index >= 15 is 0 Å². The molecule has 0 aromatic heterocycles. The molecule has 2 aromatic carbocycles. The number of carbonyl (C=O) groups excluding carboxylic acids is 2. The lowest BCUT2D eigenvalue weighted by atomic mass is 10.1. The molecular formula is C17H13ClF3NO3. The Morgan fingerprint density at radius 3 is 2.36 bits per heavy atom. The summed E-state index contributed by atoms with van der Waals surface area (Å²) in [5.74, 6) is -1.59. The van der Waals surface area contributed by atoms with Crippen molar-refractivity contribution in [1.82, 2.24) is 0 Å². The number of para-hydroxylation sites is 1. The van der Waals surface area contributed by atoms with Crippen LogP contribution in [0, 0.1) is 0 Å². The maximum atomic E-state index is 12.8. The van der Waals surface area contributed by atoms with Crippen LogP contribution in [0.5, 0.6) is 0 Å². The van der Waals surface area contributed by atoms with Crippen LogP contribution in [0.2, 0.25) is 5.02 Å². The van der Waals surface area contributed by atoms with Crippen LogP contribution < -0.4 is 5.32 Å². The Kier molecular flexibility index (Phi) is 6.03. The topological polar surface area (TPSA) is 55.4 Å². The molecule has 0 aliphatic carbocycles. The van der Waals surface area contributed by atoms with Gasteiger partial charge in [0, 0.05) is 5.02 Å². The number of hydrogen-bond donors (Lipinski definition) is 1. The number of esters is 1. The predicted molar refractivity (Wildman–Crippen MR) is 86.2 cm³/mol. The third-order valence-electron chi connectivity index (χ3n) is 3.16. The van der Waals surface area contributed by atoms with Crippen molar-refractivity contribution in [1.29, 1.82) is 0 Å². The quantitative estimate of drug-likeness (QED) is 0.806. The maximum absolute atomic E-state index is 12.8. The van der Waals surface area contributed by atoms with Crippen molar-refractivity contribution in [3.05, 3.63) is 64.7 Å². The van der Waals surface area contributed by atoms with Gasteiger partial charge in [-0.05, 0) is 23.8 Å². The van der Waals surface area contributed by atoms with E-state index in [0.717, 1.165) is 12.1 Å². The molecule has 0 spiro atoms. The average molecular weight is 372 g/mol. The number of benzene rings is 2. The number of rotatable bonds is 5. The summed E-state index contributed by atoms with van der Waals surface area (Å²) in [6.45, 7) is -0.699. The Morgan fingerprint density at radius 1 is 1.04 bits per heavy atom. The van der Waals surface area contributed by atoms with E-state index in [4.69, 9.17) is 16.3 Å². The van der Waals surface area contributed by atoms with Crippen molar-refractivity contribution in [2.24, 2.45) is 0 Å². The Hall–Kier alpha value is -2.54. The summed E-state index contributed by atoms with van der Waals surface area (Å²) < 4.78 is 43.3. The van der Waals surface area contributed by atoms with E-state index in [1.807, 2.05) is 0 Å². The molecule has 0 fully saturated rings. The number of anilines is 1. The van der Waals surface area contributed by atoms with Crippen molar-refractivity contribution in [2.75, 3.05) is 11.9 Å². The number of carbonyl (C=O) groups is 2. The molecule has 2 aromatic rings. The van der Waals surface area contributed by atoms with Gasteiger partial charge in [-0.15, -0.1) is 0 Å². The first-order valence-electron chi connectivity index (χ1n) is 7.12. The molecule has 132 valence electrons. The second-order valence-corrected chi connectivity index (χ2v) is 5.43. The fraction of sp³-hybridized carbons (Fsp3) is 0.176. The smallest absolute Gasteiger partial charge is 0.418 e. The van der Waals surface area contributed by atoms with Gasteiger partial charge in [-0.25, -0.2) is 0 Å². The number of ether oxygens (including phenoxy) is 1. The van der Waals surface area contributed by atoms with E-state index in [0.29, 0.717) is 10.6 Å². The lowest BCUT2D eigenvalue weighted by Gasteiger charge is -2.13. The van der Waals surface area contributed by atoms with Crippen molar-refractivity contribution >= 4 is 29.2 Å². The van der Waals surface area contributed by atoms with Crippen LogP contribution in [-0.4, -0.2) is 18.5 Å². The van der Waals surface area contributed by atoms with Crippen LogP contribution in [0.15, 0.2) is 48.5 Å². The van der Waals surface area contributed by atoms with Crippen LogP contribution in [-0.2, 0) is 26.9 Å². The molecule has 8 heteroatoms. The predicted octanol–water partition coefficient (Wildman–Crippen LogP) is 4.08. The molecule has 1 N–H and O–H groups in total. The zero-order valence-electron chi connectivity index (χ0n) is 12.8. The summed E-state index contributed by atoms with van der Waals surface area (Å²) in [5, 5.41) is 2.46. The van der Waals surface area contributed by atoms with Crippen LogP contribution >= 0.6 is 11.6 Å². The lowest BCUT2D eigenvalue weighted by Crippen LogP contribution is -2.23. The largest absolute Gasteiger partial charge is 0.455 e. The molecule has 0 heterocycles. The molecule has 0 bridgehead atoms. The standard InChI is InChI=1S/C17H13ClF3NO3/c18-13-7-3-1-5-11(13)9-16(24)25-10-15(23)22-14-8-4-2-6-12(14)17(19,20)21/h1-8H,9-10H2,(H,22,23). The molecule has 25 heavy (non-hydrogen) atoms. The number of nitrogens with one attached hydrogen (secondary N) is 1. The highest BCUT2D eigenvalue weighted by molar-refractivity contribution is 6.31. The Labute approximate surface area is 146 Å². The average Bonchev–Trinajstić information content (AvgIpc) is 2.55. The second-order valence-electron chi connectivity index (χ2n) is 5.02. The Morgan fingerprint density at radius 2 is 1.68 bits per heavy atom. The van der Waals surface area contributed by atoms with Gasteiger partial charge in [0.05, 0.1) is 17.7 Å². The minimum Gasteiger partial charge on any atom is -0.455 e. The summed E-state index contributed by atoms with van der Waals surface area (Å²) in [7, 11) is 0. The molecule has 0 radical (unpaired) electrons. The highest BCUT2D eigenvalue weighted by Crippen LogP contribution is 2.34. The zero-order valence-corrected chi connectivity index (χ0v) is 13.5. The SMILES string of the molecule is O=C(COC(=O)Cc1ccccc1Cl)Nc1ccccc1C(F)(F)F. The van der Waals surface area contributed by atoms with E-state index in [-0.39, 0.29) is 6.42 Å². The second kappa shape index (κ2) is 8.02. The highest BCUT2D eigenvalue weighted by atomic mass is 35.5. The van der Waals surface area contributed by atoms with Crippen molar-refractivity contribution in [3.8, 4) is 0 Å². The van der Waals surface area contributed by atoms with Gasteiger partial charge < -0.3 is 10.1 Å². The number of alkyl halides is 3. The highest BCUT2D eigenvalue weighted by Gasteiger charge is 2.33. The van der Waals surface area contributed by atoms with Gasteiger partial charge in [-0.2, -0.15) is 13.2 Å². The van der Waals surface area contributed by atoms with Crippen LogP contribution in [0.25, 0.3) is 0 Å². The van der Waals surface area contributed by atoms with Crippen molar-refractivity contribution in [2.45, 2.75) is 12.6 Å². The summed E-state index contributed by atoms with van der Waals surface area (Å²) in [6.07, 6.45) is -4.75. The lowest BCUT2D eigenvalue weighted by molar-refractivity contribution is -0.146. The number of hydrogen-bond acceptors (Lipinski definition) is 3. The summed E-state index contributed by atoms with van der Waals surface area (Å²) in [5.41, 5.74) is -0.857. The fourth-order valence-corrected chi connectivity index (χ4v) is 2.22. The van der Waals surface area contributed by atoms with Gasteiger partial charge in [-0.3, -0.25) is 9.59 Å². The zero-order chi connectivity index (χ0) is 18.4. The molecule has 0 saturated carbocycles. The molecule has 0 aliphatic heterocycles. The van der Waals surface area contributed by atoms with Gasteiger partial charge in [0.15, 0.2) is 6.61 Å². The van der Waals surface area contributed by atoms with E-state index in [9.17, 15) is 22.8 Å². The fourth-order valence-electron chi connectivity index (χ4n) is 2.02. The normalized spacial score (nSPS) is 11.0. The van der Waals surface area contributed by atoms with E-state index in [1.165, 1.54) is 12.1 Å². The molecule has 1 amide bonds. The first kappa shape index (κ1) is 18.8. The van der Waals surface area contributed by atoms with Crippen LogP contribution in [0.3, 0.4) is 0 Å². The summed E-state index contributed by atoms with van der Waals surface area (Å²) in [6, 6.07) is 11.1. The van der Waals surface area contributed by atoms with E-state index in [2.05, 4.69) is 5.32 Å². The van der Waals surface area contributed by atoms with Gasteiger partial charge in [-0.1, -0.05) is 41.9 Å². The summed E-state index contributed by atoms with van der Waals surface area (Å²) in [4.78, 5) is 23.4. The maximum Gasteiger partial charge on any atom is 0.418 e. The molecule has 0 unspecified atom stereocenters. The Bertz CT molecular complexity index is 778. The van der Waals surface area contributed by atoms with Crippen molar-refractivity contribution < 1.29 is 27.5 Å². The molecular weight excluding hydrogens is 359 g/mol. The first-order valence-corrected chi connectivity index (χ1v) is 7.50. The molecule has 0 aliphatic rings. The van der Waals surface area contributed by atoms with E-state index in [1.54, 1.807) is 24.3 Å². The van der Waals surface area contributed by atoms with Crippen LogP contribution in [0.4, 0.5) is 18.9 Å². The first-order chi connectivity index (χ1) is 11.8. The summed E-state index contributed by atoms with van der Waals surface area (Å²) >= 11 is 5.90. The molecule has 2 rings (SSSR count). The monoisotopic (exact) mass is 371 g/mol. The van der Waals surface area contributed by atoms with Gasteiger partial charge in [0.1, 0.15) is 0 Å². The third kappa shape index (κ3) is 5.49. The van der Waals surface area contributed by atoms with Gasteiger partial charge in [0.2, 0.25) is 0 Å². The minimum absolute atomic E-state index is 0.147. The Balaban J connectivity index is 1.91. The van der Waals surface area contributed by atoms with Gasteiger partial charge in [0.25, 0.3) is 5.91 Å². The number of halogens is 4. The van der Waals surface area contributed by atoms with Crippen molar-refractivity contribution in [3.63, 3.8) is 0 Å².